The molecular weight excluding hydrogens is 340 g/mol. The van der Waals surface area contributed by atoms with Crippen LogP contribution < -0.4 is 0 Å². The van der Waals surface area contributed by atoms with Crippen molar-refractivity contribution in [2.45, 2.75) is 63.3 Å². The van der Waals surface area contributed by atoms with Crippen LogP contribution in [0.1, 0.15) is 53.3 Å². The maximum atomic E-state index is 12.6. The lowest BCUT2D eigenvalue weighted by molar-refractivity contribution is -0.151. The maximum Gasteiger partial charge on any atom is 0.309 e. The molecule has 140 valence electrons. The highest BCUT2D eigenvalue weighted by molar-refractivity contribution is 8.00. The second-order valence-electron chi connectivity index (χ2n) is 7.33. The second kappa shape index (κ2) is 8.21. The van der Waals surface area contributed by atoms with E-state index >= 15 is 0 Å². The van der Waals surface area contributed by atoms with Crippen molar-refractivity contribution in [1.29, 1.82) is 0 Å². The third kappa shape index (κ3) is 5.20. The van der Waals surface area contributed by atoms with E-state index in [0.717, 1.165) is 5.82 Å². The Bertz CT molecular complexity index is 603. The van der Waals surface area contributed by atoms with Gasteiger partial charge < -0.3 is 9.64 Å². The maximum absolute atomic E-state index is 12.6. The fraction of sp³-hybridized carbons (Fsp3) is 0.765. The van der Waals surface area contributed by atoms with Gasteiger partial charge >= 0.3 is 5.97 Å². The zero-order valence-electron chi connectivity index (χ0n) is 15.7. The number of nitrogens with one attached hydrogen (secondary N) is 1. The number of hydrogen-bond donors (Lipinski definition) is 1. The number of piperidine rings is 1. The fourth-order valence-electron chi connectivity index (χ4n) is 2.70. The summed E-state index contributed by atoms with van der Waals surface area (Å²) in [5.74, 6) is 0.640. The van der Waals surface area contributed by atoms with Gasteiger partial charge in [0, 0.05) is 18.5 Å². The molecule has 1 aliphatic rings. The lowest BCUT2D eigenvalue weighted by atomic mass is 9.96. The van der Waals surface area contributed by atoms with Crippen LogP contribution in [0.2, 0.25) is 0 Å². The highest BCUT2D eigenvalue weighted by Gasteiger charge is 2.31. The van der Waals surface area contributed by atoms with E-state index in [1.807, 2.05) is 18.7 Å². The Morgan fingerprint density at radius 2 is 2.00 bits per heavy atom. The standard InChI is InChI=1S/C17H28N4O3S/c1-6-24-14(23)12-7-9-21(10-8-12)13(22)11(2)25-16-18-15(19-20-16)17(3,4)5/h11-12H,6-10H2,1-5H3,(H,18,19,20)/t11-/m0/s1. The molecule has 1 aromatic heterocycles. The average molecular weight is 369 g/mol. The molecule has 8 heteroatoms. The lowest BCUT2D eigenvalue weighted by Crippen LogP contribution is -2.43. The summed E-state index contributed by atoms with van der Waals surface area (Å²) in [4.78, 5) is 30.7. The first kappa shape index (κ1) is 19.8. The van der Waals surface area contributed by atoms with Crippen molar-refractivity contribution in [1.82, 2.24) is 20.1 Å². The summed E-state index contributed by atoms with van der Waals surface area (Å²) in [7, 11) is 0. The Hall–Kier alpha value is -1.57. The van der Waals surface area contributed by atoms with E-state index in [2.05, 4.69) is 36.0 Å². The van der Waals surface area contributed by atoms with Crippen LogP contribution in [0, 0.1) is 5.92 Å². The molecule has 25 heavy (non-hydrogen) atoms. The molecule has 0 aromatic carbocycles. The molecule has 0 unspecified atom stereocenters. The zero-order valence-corrected chi connectivity index (χ0v) is 16.5. The smallest absolute Gasteiger partial charge is 0.309 e. The van der Waals surface area contributed by atoms with Crippen LogP contribution in [0.3, 0.4) is 0 Å². The van der Waals surface area contributed by atoms with Crippen molar-refractivity contribution in [2.24, 2.45) is 5.92 Å². The van der Waals surface area contributed by atoms with E-state index in [1.165, 1.54) is 11.8 Å². The van der Waals surface area contributed by atoms with Crippen LogP contribution in [0.15, 0.2) is 5.16 Å². The molecule has 7 nitrogen and oxygen atoms in total. The van der Waals surface area contributed by atoms with E-state index in [0.29, 0.717) is 37.7 Å². The molecule has 0 aliphatic carbocycles. The van der Waals surface area contributed by atoms with Crippen LogP contribution in [0.5, 0.6) is 0 Å². The van der Waals surface area contributed by atoms with Gasteiger partial charge in [-0.3, -0.25) is 14.7 Å². The summed E-state index contributed by atoms with van der Waals surface area (Å²) in [5.41, 5.74) is -0.103. The van der Waals surface area contributed by atoms with E-state index in [9.17, 15) is 9.59 Å². The Morgan fingerprint density at radius 1 is 1.36 bits per heavy atom. The molecule has 0 bridgehead atoms. The zero-order chi connectivity index (χ0) is 18.6. The molecular formula is C17H28N4O3S. The molecule has 2 rings (SSSR count). The van der Waals surface area contributed by atoms with Crippen LogP contribution in [-0.2, 0) is 19.7 Å². The van der Waals surface area contributed by atoms with Crippen LogP contribution >= 0.6 is 11.8 Å². The van der Waals surface area contributed by atoms with Crippen LogP contribution in [-0.4, -0.2) is 56.9 Å². The molecule has 1 N–H and O–H groups in total. The van der Waals surface area contributed by atoms with Gasteiger partial charge in [-0.05, 0) is 26.7 Å². The number of hydrogen-bond acceptors (Lipinski definition) is 6. The molecule has 2 heterocycles. The number of aromatic nitrogens is 3. The third-order valence-corrected chi connectivity index (χ3v) is 5.18. The SMILES string of the molecule is CCOC(=O)C1CCN(C(=O)[C@H](C)Sc2n[nH]c(C(C)(C)C)n2)CC1. The molecule has 1 saturated heterocycles. The summed E-state index contributed by atoms with van der Waals surface area (Å²) in [6.45, 7) is 11.4. The summed E-state index contributed by atoms with van der Waals surface area (Å²) in [6, 6.07) is 0. The van der Waals surface area contributed by atoms with Crippen LogP contribution in [0.25, 0.3) is 0 Å². The Labute approximate surface area is 153 Å². The van der Waals surface area contributed by atoms with E-state index < -0.39 is 0 Å². The average Bonchev–Trinajstić information content (AvgIpc) is 3.03. The summed E-state index contributed by atoms with van der Waals surface area (Å²) in [6.07, 6.45) is 1.33. The van der Waals surface area contributed by atoms with Crippen molar-refractivity contribution in [3.63, 3.8) is 0 Å². The molecule has 1 atom stereocenters. The van der Waals surface area contributed by atoms with Gasteiger partial charge in [0.1, 0.15) is 5.82 Å². The first-order valence-electron chi connectivity index (χ1n) is 8.77. The summed E-state index contributed by atoms with van der Waals surface area (Å²) >= 11 is 1.36. The van der Waals surface area contributed by atoms with Gasteiger partial charge in [-0.25, -0.2) is 4.98 Å². The minimum absolute atomic E-state index is 0.0643. The first-order chi connectivity index (χ1) is 11.7. The monoisotopic (exact) mass is 368 g/mol. The number of aromatic amines is 1. The lowest BCUT2D eigenvalue weighted by Gasteiger charge is -2.32. The number of carbonyl (C=O) groups is 2. The van der Waals surface area contributed by atoms with E-state index in [-0.39, 0.29) is 28.5 Å². The van der Waals surface area contributed by atoms with Crippen molar-refractivity contribution in [2.75, 3.05) is 19.7 Å². The molecule has 1 aliphatic heterocycles. The molecule has 1 aromatic rings. The van der Waals surface area contributed by atoms with Gasteiger partial charge in [-0.2, -0.15) is 0 Å². The van der Waals surface area contributed by atoms with Gasteiger partial charge in [-0.15, -0.1) is 5.10 Å². The number of ether oxygens (including phenoxy) is 1. The van der Waals surface area contributed by atoms with Gasteiger partial charge in [-0.1, -0.05) is 32.5 Å². The van der Waals surface area contributed by atoms with Crippen molar-refractivity contribution >= 4 is 23.6 Å². The number of nitrogens with zero attached hydrogens (tertiary/aromatic N) is 3. The van der Waals surface area contributed by atoms with Crippen molar-refractivity contribution in [3.05, 3.63) is 5.82 Å². The van der Waals surface area contributed by atoms with Gasteiger partial charge in [0.05, 0.1) is 17.8 Å². The number of H-pyrrole nitrogens is 1. The predicted octanol–water partition coefficient (Wildman–Crippen LogP) is 2.38. The number of amides is 1. The number of rotatable bonds is 5. The Balaban J connectivity index is 1.86. The molecule has 1 amide bonds. The molecule has 0 radical (unpaired) electrons. The van der Waals surface area contributed by atoms with Crippen LogP contribution in [0.4, 0.5) is 0 Å². The second-order valence-corrected chi connectivity index (χ2v) is 8.64. The van der Waals surface area contributed by atoms with E-state index in [4.69, 9.17) is 4.74 Å². The van der Waals surface area contributed by atoms with Crippen molar-refractivity contribution < 1.29 is 14.3 Å². The summed E-state index contributed by atoms with van der Waals surface area (Å²) in [5, 5.41) is 7.47. The quantitative estimate of drug-likeness (QED) is 0.634. The highest BCUT2D eigenvalue weighted by Crippen LogP contribution is 2.26. The summed E-state index contributed by atoms with van der Waals surface area (Å²) < 4.78 is 5.07. The third-order valence-electron chi connectivity index (χ3n) is 4.23. The van der Waals surface area contributed by atoms with Gasteiger partial charge in [0.15, 0.2) is 0 Å². The largest absolute Gasteiger partial charge is 0.466 e. The minimum Gasteiger partial charge on any atom is -0.466 e. The predicted molar refractivity (Wildman–Crippen MR) is 96.3 cm³/mol. The topological polar surface area (TPSA) is 88.2 Å². The number of carbonyl (C=O) groups excluding carboxylic acids is 2. The number of likely N-dealkylation sites (tertiary alicyclic amines) is 1. The minimum atomic E-state index is -0.261. The number of thioether (sulfide) groups is 1. The molecule has 0 saturated carbocycles. The normalized spacial score (nSPS) is 17.4. The first-order valence-corrected chi connectivity index (χ1v) is 9.65. The number of esters is 1. The fourth-order valence-corrected chi connectivity index (χ4v) is 3.50. The van der Waals surface area contributed by atoms with Gasteiger partial charge in [0.25, 0.3) is 0 Å². The van der Waals surface area contributed by atoms with E-state index in [1.54, 1.807) is 0 Å². The molecule has 1 fully saturated rings. The van der Waals surface area contributed by atoms with Crippen molar-refractivity contribution in [3.8, 4) is 0 Å². The highest BCUT2D eigenvalue weighted by atomic mass is 32.2. The molecule has 0 spiro atoms. The van der Waals surface area contributed by atoms with Gasteiger partial charge in [0.2, 0.25) is 11.1 Å². The Kier molecular flexibility index (Phi) is 6.48. The Morgan fingerprint density at radius 3 is 2.52 bits per heavy atom.